The first-order chi connectivity index (χ1) is 47.0. The monoisotopic (exact) mass is 1350 g/mol. The van der Waals surface area contributed by atoms with Crippen LogP contribution in [0.2, 0.25) is 0 Å². The smallest absolute Gasteiger partial charge is 0.462 e. The molecular formula is C86H139NO8P+. The Labute approximate surface area is 589 Å². The molecular weight excluding hydrogens is 1210 g/mol. The Balaban J connectivity index is 4.13. The molecule has 540 valence electrons. The fraction of sp³-hybridized carbons (Fsp3) is 0.581. The van der Waals surface area contributed by atoms with Crippen LogP contribution in [0.25, 0.3) is 0 Å². The van der Waals surface area contributed by atoms with Crippen molar-refractivity contribution in [1.29, 1.82) is 0 Å². The van der Waals surface area contributed by atoms with Crippen LogP contribution in [0.1, 0.15) is 271 Å². The number of esters is 2. The fourth-order valence-corrected chi connectivity index (χ4v) is 10.4. The van der Waals surface area contributed by atoms with E-state index in [1.165, 1.54) is 77.0 Å². The van der Waals surface area contributed by atoms with Gasteiger partial charge in [-0.15, -0.1) is 0 Å². The molecule has 0 aromatic rings. The van der Waals surface area contributed by atoms with Crippen LogP contribution in [0.15, 0.2) is 207 Å². The van der Waals surface area contributed by atoms with Gasteiger partial charge in [-0.1, -0.05) is 317 Å². The Bertz CT molecular complexity index is 2380. The van der Waals surface area contributed by atoms with Crippen molar-refractivity contribution < 1.29 is 42.1 Å². The summed E-state index contributed by atoms with van der Waals surface area (Å²) in [7, 11) is 1.44. The van der Waals surface area contributed by atoms with Gasteiger partial charge < -0.3 is 18.9 Å². The molecule has 96 heavy (non-hydrogen) atoms. The number of phosphoric ester groups is 1. The molecule has 0 aliphatic carbocycles. The second-order valence-corrected chi connectivity index (χ2v) is 27.0. The number of allylic oxidation sites excluding steroid dienone is 34. The van der Waals surface area contributed by atoms with E-state index >= 15 is 0 Å². The Morgan fingerprint density at radius 1 is 0.323 bits per heavy atom. The van der Waals surface area contributed by atoms with Crippen LogP contribution in [0.5, 0.6) is 0 Å². The summed E-state index contributed by atoms with van der Waals surface area (Å²) in [6.07, 6.45) is 116. The summed E-state index contributed by atoms with van der Waals surface area (Å²) in [5, 5.41) is 0. The van der Waals surface area contributed by atoms with Gasteiger partial charge in [0.25, 0.3) is 0 Å². The quantitative estimate of drug-likeness (QED) is 0.0211. The zero-order valence-electron chi connectivity index (χ0n) is 61.5. The highest BCUT2D eigenvalue weighted by Gasteiger charge is 2.27. The van der Waals surface area contributed by atoms with E-state index in [-0.39, 0.29) is 32.0 Å². The van der Waals surface area contributed by atoms with Gasteiger partial charge in [0.1, 0.15) is 19.8 Å². The zero-order valence-corrected chi connectivity index (χ0v) is 62.4. The molecule has 1 N–H and O–H groups in total. The van der Waals surface area contributed by atoms with E-state index in [0.29, 0.717) is 17.4 Å². The minimum atomic E-state index is -4.41. The van der Waals surface area contributed by atoms with Gasteiger partial charge in [-0.3, -0.25) is 18.6 Å². The van der Waals surface area contributed by atoms with E-state index in [0.717, 1.165) is 161 Å². The molecule has 0 amide bonds. The summed E-state index contributed by atoms with van der Waals surface area (Å²) in [4.78, 5) is 35.9. The van der Waals surface area contributed by atoms with Crippen LogP contribution in [0.3, 0.4) is 0 Å². The van der Waals surface area contributed by atoms with Gasteiger partial charge in [0.05, 0.1) is 27.7 Å². The number of hydrogen-bond acceptors (Lipinski definition) is 7. The van der Waals surface area contributed by atoms with Crippen LogP contribution >= 0.6 is 7.82 Å². The number of ether oxygens (including phenoxy) is 2. The first-order valence-electron chi connectivity index (χ1n) is 37.8. The Morgan fingerprint density at radius 2 is 0.562 bits per heavy atom. The Hall–Kier alpha value is -5.41. The van der Waals surface area contributed by atoms with Gasteiger partial charge >= 0.3 is 19.8 Å². The SMILES string of the molecule is CC/C=C\C/C=C\C/C=C\C/C=C\C/C=C\C/C=C\C/C=C\C/C=C\C/C=C\C/C=C\C/C=C\CCCCCCCCCC(=O)OC(COC(=O)CCCCCCCCCCCCCC/C=C\C/C=C\C/C=C\C/C=C\C/C=C\C/C=C\CC)COP(=O)(O)OCC[N+](C)(C)C. The number of unbranched alkanes of at least 4 members (excludes halogenated alkanes) is 19. The number of carbonyl (C=O) groups excluding carboxylic acids is 2. The van der Waals surface area contributed by atoms with Gasteiger partial charge in [-0.2, -0.15) is 0 Å². The second-order valence-electron chi connectivity index (χ2n) is 25.6. The van der Waals surface area contributed by atoms with Crippen LogP contribution in [-0.2, 0) is 32.7 Å². The maximum Gasteiger partial charge on any atom is 0.472 e. The van der Waals surface area contributed by atoms with Crippen molar-refractivity contribution in [3.05, 3.63) is 207 Å². The summed E-state index contributed by atoms with van der Waals surface area (Å²) >= 11 is 0. The Kier molecular flexibility index (Phi) is 69.7. The van der Waals surface area contributed by atoms with E-state index in [1.54, 1.807) is 0 Å². The topological polar surface area (TPSA) is 108 Å². The molecule has 0 fully saturated rings. The summed E-state index contributed by atoms with van der Waals surface area (Å²) < 4.78 is 34.7. The molecule has 0 aliphatic heterocycles. The lowest BCUT2D eigenvalue weighted by Crippen LogP contribution is -2.37. The third kappa shape index (κ3) is 77.6. The zero-order chi connectivity index (χ0) is 69.7. The molecule has 0 aromatic carbocycles. The molecule has 9 nitrogen and oxygen atoms in total. The normalized spacial score (nSPS) is 14.3. The molecule has 0 spiro atoms. The highest BCUT2D eigenvalue weighted by Crippen LogP contribution is 2.43. The van der Waals surface area contributed by atoms with Crippen LogP contribution in [-0.4, -0.2) is 74.9 Å². The molecule has 0 saturated carbocycles. The maximum atomic E-state index is 12.9. The third-order valence-corrected chi connectivity index (χ3v) is 16.3. The van der Waals surface area contributed by atoms with Crippen LogP contribution in [0.4, 0.5) is 0 Å². The van der Waals surface area contributed by atoms with Crippen LogP contribution < -0.4 is 0 Å². The van der Waals surface area contributed by atoms with Crippen molar-refractivity contribution in [2.75, 3.05) is 47.5 Å². The molecule has 0 aliphatic rings. The summed E-state index contributed by atoms with van der Waals surface area (Å²) in [5.41, 5.74) is 0. The van der Waals surface area contributed by atoms with E-state index < -0.39 is 26.5 Å². The van der Waals surface area contributed by atoms with Crippen molar-refractivity contribution >= 4 is 19.8 Å². The summed E-state index contributed by atoms with van der Waals surface area (Å²) in [5.74, 6) is -0.823. The van der Waals surface area contributed by atoms with Gasteiger partial charge in [-0.25, -0.2) is 4.57 Å². The lowest BCUT2D eigenvalue weighted by atomic mass is 10.0. The maximum absolute atomic E-state index is 12.9. The average molecular weight is 1350 g/mol. The highest BCUT2D eigenvalue weighted by atomic mass is 31.2. The predicted octanol–water partition coefficient (Wildman–Crippen LogP) is 25.4. The van der Waals surface area contributed by atoms with Crippen LogP contribution in [0, 0.1) is 0 Å². The average Bonchev–Trinajstić information content (AvgIpc) is 2.54. The summed E-state index contributed by atoms with van der Waals surface area (Å²) in [6.45, 7) is 4.18. The van der Waals surface area contributed by atoms with Gasteiger partial charge in [-0.05, 0) is 148 Å². The van der Waals surface area contributed by atoms with E-state index in [9.17, 15) is 19.0 Å². The Morgan fingerprint density at radius 3 is 0.833 bits per heavy atom. The number of quaternary nitrogens is 1. The largest absolute Gasteiger partial charge is 0.472 e. The molecule has 0 heterocycles. The first-order valence-corrected chi connectivity index (χ1v) is 39.3. The van der Waals surface area contributed by atoms with E-state index in [2.05, 4.69) is 220 Å². The van der Waals surface area contributed by atoms with Crippen molar-refractivity contribution in [3.8, 4) is 0 Å². The first kappa shape index (κ1) is 90.6. The molecule has 2 unspecified atom stereocenters. The number of likely N-dealkylation sites (N-methyl/N-ethyl adjacent to an activating group) is 1. The minimum Gasteiger partial charge on any atom is -0.462 e. The number of phosphoric acid groups is 1. The lowest BCUT2D eigenvalue weighted by molar-refractivity contribution is -0.870. The number of rotatable bonds is 67. The van der Waals surface area contributed by atoms with Gasteiger partial charge in [0, 0.05) is 12.8 Å². The third-order valence-electron chi connectivity index (χ3n) is 15.3. The number of nitrogens with zero attached hydrogens (tertiary/aromatic N) is 1. The van der Waals surface area contributed by atoms with Crippen molar-refractivity contribution in [2.45, 2.75) is 277 Å². The molecule has 10 heteroatoms. The minimum absolute atomic E-state index is 0.0187. The molecule has 0 rings (SSSR count). The molecule has 0 bridgehead atoms. The molecule has 0 radical (unpaired) electrons. The standard InChI is InChI=1S/C86H138NO8P/c1-6-8-10-12-14-16-18-20-22-24-26-28-30-32-34-36-38-39-40-41-42-43-44-45-46-47-49-51-53-55-57-59-61-63-65-67-69-71-73-75-77-79-86(89)95-84(83-94-96(90,91)93-81-80-87(3,4)5)82-92-85(88)78-76-74-72-70-68-66-64-62-60-58-56-54-52-50-48-37-35-33-31-29-27-25-23-21-19-17-15-13-11-9-7-2/h8-11,14-17,20-23,26-29,32-35,38-39,41-42,44-45,47-50,53,55,59,61,84H,6-7,12-13,18-19,24-25,30-31,36-37,40,43,46,51-52,54,56-58,60,62-83H2,1-5H3/p+1/b10-8-,11-9-,16-14-,17-15-,22-20-,23-21-,28-26-,29-27-,34-32-,35-33-,39-38-,42-41-,45-44-,49-47-,50-48-,55-53-,61-59-. The molecule has 0 aromatic heterocycles. The molecule has 2 atom stereocenters. The second kappa shape index (κ2) is 73.8. The number of hydrogen-bond donors (Lipinski definition) is 1. The molecule has 0 saturated heterocycles. The number of carbonyl (C=O) groups is 2. The summed E-state index contributed by atoms with van der Waals surface area (Å²) in [6, 6.07) is 0. The fourth-order valence-electron chi connectivity index (χ4n) is 9.61. The van der Waals surface area contributed by atoms with E-state index in [4.69, 9.17) is 18.5 Å². The predicted molar refractivity (Wildman–Crippen MR) is 417 cm³/mol. The van der Waals surface area contributed by atoms with E-state index in [1.807, 2.05) is 21.1 Å². The lowest BCUT2D eigenvalue weighted by Gasteiger charge is -2.24. The van der Waals surface area contributed by atoms with Gasteiger partial charge in [0.2, 0.25) is 0 Å². The van der Waals surface area contributed by atoms with Gasteiger partial charge in [0.15, 0.2) is 6.10 Å². The highest BCUT2D eigenvalue weighted by molar-refractivity contribution is 7.47. The van der Waals surface area contributed by atoms with Crippen molar-refractivity contribution in [1.82, 2.24) is 0 Å². The van der Waals surface area contributed by atoms with Crippen molar-refractivity contribution in [3.63, 3.8) is 0 Å². The van der Waals surface area contributed by atoms with Crippen molar-refractivity contribution in [2.24, 2.45) is 0 Å².